The monoisotopic (exact) mass is 382 g/mol. The second-order valence-corrected chi connectivity index (χ2v) is 5.97. The van der Waals surface area contributed by atoms with Gasteiger partial charge in [0.1, 0.15) is 17.5 Å². The van der Waals surface area contributed by atoms with Crippen LogP contribution in [0.3, 0.4) is 0 Å². The number of nitrogens with one attached hydrogen (secondary N) is 1. The molecule has 2 nitrogen and oxygen atoms in total. The normalized spacial score (nSPS) is 10.9. The first-order valence-corrected chi connectivity index (χ1v) is 7.64. The number of halogens is 4. The minimum Gasteiger partial charge on any atom is -0.365 e. The van der Waals surface area contributed by atoms with Crippen LogP contribution in [0.4, 0.5) is 14.6 Å². The van der Waals surface area contributed by atoms with Gasteiger partial charge in [-0.25, -0.2) is 13.8 Å². The topological polar surface area (TPSA) is 24.9 Å². The Morgan fingerprint density at radius 3 is 2.73 bits per heavy atom. The number of rotatable bonds is 3. The molecule has 0 aliphatic carbocycles. The van der Waals surface area contributed by atoms with Gasteiger partial charge in [-0.15, -0.1) is 0 Å². The summed E-state index contributed by atoms with van der Waals surface area (Å²) in [5.41, 5.74) is 0.865. The zero-order chi connectivity index (χ0) is 15.7. The first-order valence-electron chi connectivity index (χ1n) is 6.47. The molecule has 0 aliphatic heterocycles. The lowest BCUT2D eigenvalue weighted by atomic mass is 10.1. The number of benzene rings is 2. The van der Waals surface area contributed by atoms with Crippen molar-refractivity contribution in [3.63, 3.8) is 0 Å². The molecule has 3 rings (SSSR count). The van der Waals surface area contributed by atoms with Crippen LogP contribution in [0, 0.1) is 11.6 Å². The molecule has 3 aromatic rings. The van der Waals surface area contributed by atoms with Crippen molar-refractivity contribution in [2.24, 2.45) is 0 Å². The van der Waals surface area contributed by atoms with Crippen LogP contribution >= 0.6 is 27.5 Å². The summed E-state index contributed by atoms with van der Waals surface area (Å²) in [6.45, 7) is 0.389. The van der Waals surface area contributed by atoms with Gasteiger partial charge in [0, 0.05) is 33.7 Å². The van der Waals surface area contributed by atoms with E-state index in [9.17, 15) is 8.78 Å². The molecule has 0 atom stereocenters. The van der Waals surface area contributed by atoms with Crippen molar-refractivity contribution in [2.75, 3.05) is 5.32 Å². The van der Waals surface area contributed by atoms with Gasteiger partial charge in [-0.3, -0.25) is 0 Å². The maximum Gasteiger partial charge on any atom is 0.137 e. The largest absolute Gasteiger partial charge is 0.365 e. The Kier molecular flexibility index (Phi) is 4.27. The van der Waals surface area contributed by atoms with E-state index in [1.807, 2.05) is 18.2 Å². The van der Waals surface area contributed by atoms with E-state index in [0.717, 1.165) is 11.6 Å². The van der Waals surface area contributed by atoms with Crippen molar-refractivity contribution in [1.29, 1.82) is 0 Å². The number of anilines is 1. The molecule has 22 heavy (non-hydrogen) atoms. The molecule has 0 saturated carbocycles. The van der Waals surface area contributed by atoms with Crippen LogP contribution in [0.2, 0.25) is 5.02 Å². The summed E-state index contributed by atoms with van der Waals surface area (Å²) >= 11 is 9.36. The summed E-state index contributed by atoms with van der Waals surface area (Å²) in [5, 5.41) is 4.33. The number of nitrogens with zero attached hydrogens (tertiary/aromatic N) is 1. The summed E-state index contributed by atoms with van der Waals surface area (Å²) in [4.78, 5) is 4.18. The summed E-state index contributed by atoms with van der Waals surface area (Å²) in [7, 11) is 0. The van der Waals surface area contributed by atoms with Gasteiger partial charge in [0.25, 0.3) is 0 Å². The first kappa shape index (κ1) is 15.2. The highest BCUT2D eigenvalue weighted by Gasteiger charge is 2.13. The van der Waals surface area contributed by atoms with Crippen molar-refractivity contribution in [3.05, 3.63) is 69.3 Å². The van der Waals surface area contributed by atoms with E-state index in [1.54, 1.807) is 6.07 Å². The molecule has 0 spiro atoms. The molecule has 0 fully saturated rings. The minimum atomic E-state index is -0.662. The third-order valence-corrected chi connectivity index (χ3v) is 4.26. The van der Waals surface area contributed by atoms with Crippen molar-refractivity contribution in [1.82, 2.24) is 4.98 Å². The zero-order valence-corrected chi connectivity index (χ0v) is 13.5. The standard InChI is InChI=1S/C16H10BrClF2N2/c17-12-8-22-16(15-11(12)5-10(19)6-14(15)20)21-7-9-3-1-2-4-13(9)18/h1-6,8H,7H2,(H,21,22). The fourth-order valence-corrected chi connectivity index (χ4v) is 2.83. The minimum absolute atomic E-state index is 0.239. The van der Waals surface area contributed by atoms with E-state index in [0.29, 0.717) is 27.2 Å². The smallest absolute Gasteiger partial charge is 0.137 e. The quantitative estimate of drug-likeness (QED) is 0.642. The van der Waals surface area contributed by atoms with Gasteiger partial charge in [0.05, 0.1) is 5.39 Å². The molecule has 6 heteroatoms. The van der Waals surface area contributed by atoms with Gasteiger partial charge in [-0.1, -0.05) is 29.8 Å². The van der Waals surface area contributed by atoms with Crippen LogP contribution in [-0.4, -0.2) is 4.98 Å². The number of hydrogen-bond donors (Lipinski definition) is 1. The Morgan fingerprint density at radius 2 is 1.95 bits per heavy atom. The second kappa shape index (κ2) is 6.18. The molecule has 0 bridgehead atoms. The average molecular weight is 384 g/mol. The van der Waals surface area contributed by atoms with Crippen LogP contribution < -0.4 is 5.32 Å². The lowest BCUT2D eigenvalue weighted by molar-refractivity contribution is 0.592. The van der Waals surface area contributed by atoms with Crippen LogP contribution in [0.25, 0.3) is 10.8 Å². The van der Waals surface area contributed by atoms with Crippen molar-refractivity contribution < 1.29 is 8.78 Å². The SMILES string of the molecule is Fc1cc(F)c2c(NCc3ccccc3Cl)ncc(Br)c2c1. The summed E-state index contributed by atoms with van der Waals surface area (Å²) in [5.74, 6) is -0.949. The van der Waals surface area contributed by atoms with E-state index in [-0.39, 0.29) is 5.39 Å². The van der Waals surface area contributed by atoms with E-state index in [4.69, 9.17) is 11.6 Å². The Labute approximate surface area is 139 Å². The highest BCUT2D eigenvalue weighted by atomic mass is 79.9. The van der Waals surface area contributed by atoms with Crippen molar-refractivity contribution >= 4 is 44.1 Å². The van der Waals surface area contributed by atoms with Crippen LogP contribution in [0.5, 0.6) is 0 Å². The summed E-state index contributed by atoms with van der Waals surface area (Å²) in [6.07, 6.45) is 1.51. The molecular weight excluding hydrogens is 374 g/mol. The summed E-state index contributed by atoms with van der Waals surface area (Å²) in [6, 6.07) is 9.46. The van der Waals surface area contributed by atoms with Gasteiger partial charge in [-0.05, 0) is 33.6 Å². The Balaban J connectivity index is 2.01. The maximum absolute atomic E-state index is 14.1. The number of pyridine rings is 1. The van der Waals surface area contributed by atoms with Crippen LogP contribution in [0.15, 0.2) is 47.1 Å². The van der Waals surface area contributed by atoms with Crippen LogP contribution in [-0.2, 0) is 6.54 Å². The summed E-state index contributed by atoms with van der Waals surface area (Å²) < 4.78 is 28.1. The maximum atomic E-state index is 14.1. The molecule has 1 N–H and O–H groups in total. The third kappa shape index (κ3) is 2.91. The lowest BCUT2D eigenvalue weighted by Crippen LogP contribution is -2.03. The molecule has 0 aliphatic rings. The second-order valence-electron chi connectivity index (χ2n) is 4.71. The molecule has 0 unspecified atom stereocenters. The lowest BCUT2D eigenvalue weighted by Gasteiger charge is -2.11. The molecule has 1 heterocycles. The zero-order valence-electron chi connectivity index (χ0n) is 11.2. The molecule has 0 saturated heterocycles. The van der Waals surface area contributed by atoms with Gasteiger partial charge >= 0.3 is 0 Å². The fourth-order valence-electron chi connectivity index (χ4n) is 2.21. The number of fused-ring (bicyclic) bond motifs is 1. The van der Waals surface area contributed by atoms with E-state index in [2.05, 4.69) is 26.2 Å². The van der Waals surface area contributed by atoms with Gasteiger partial charge in [0.2, 0.25) is 0 Å². The van der Waals surface area contributed by atoms with Crippen LogP contribution in [0.1, 0.15) is 5.56 Å². The average Bonchev–Trinajstić information content (AvgIpc) is 2.48. The molecule has 112 valence electrons. The third-order valence-electron chi connectivity index (χ3n) is 3.26. The van der Waals surface area contributed by atoms with Crippen molar-refractivity contribution in [3.8, 4) is 0 Å². The van der Waals surface area contributed by atoms with E-state index < -0.39 is 11.6 Å². The predicted octanol–water partition coefficient (Wildman–Crippen LogP) is 5.54. The van der Waals surface area contributed by atoms with E-state index >= 15 is 0 Å². The van der Waals surface area contributed by atoms with E-state index in [1.165, 1.54) is 12.3 Å². The molecule has 1 aromatic heterocycles. The predicted molar refractivity (Wildman–Crippen MR) is 88.1 cm³/mol. The first-order chi connectivity index (χ1) is 10.6. The van der Waals surface area contributed by atoms with Gasteiger partial charge in [-0.2, -0.15) is 0 Å². The molecule has 0 radical (unpaired) electrons. The highest BCUT2D eigenvalue weighted by Crippen LogP contribution is 2.31. The number of hydrogen-bond acceptors (Lipinski definition) is 2. The Morgan fingerprint density at radius 1 is 1.18 bits per heavy atom. The van der Waals surface area contributed by atoms with Gasteiger partial charge in [0.15, 0.2) is 0 Å². The fraction of sp³-hybridized carbons (Fsp3) is 0.0625. The van der Waals surface area contributed by atoms with Crippen molar-refractivity contribution in [2.45, 2.75) is 6.54 Å². The molecule has 2 aromatic carbocycles. The molecular formula is C16H10BrClF2N2. The van der Waals surface area contributed by atoms with Gasteiger partial charge < -0.3 is 5.32 Å². The Hall–Kier alpha value is -1.72. The highest BCUT2D eigenvalue weighted by molar-refractivity contribution is 9.10. The Bertz CT molecular complexity index is 855. The number of aromatic nitrogens is 1. The molecule has 0 amide bonds.